The van der Waals surface area contributed by atoms with Gasteiger partial charge in [0.2, 0.25) is 0 Å². The highest BCUT2D eigenvalue weighted by Gasteiger charge is 2.17. The fourth-order valence-corrected chi connectivity index (χ4v) is 1.49. The number of fused-ring (bicyclic) bond motifs is 1. The Morgan fingerprint density at radius 2 is 2.29 bits per heavy atom. The van der Waals surface area contributed by atoms with E-state index in [1.54, 1.807) is 12.1 Å². The number of hydrogen-bond acceptors (Lipinski definition) is 3. The molecule has 0 radical (unpaired) electrons. The smallest absolute Gasteiger partial charge is 0.124 e. The standard InChI is InChI=1S/C10H10N2O.ClH/c11-6-7-1-2-10-8(5-7)9(12)3-4-13-10;/h1-2,5,9H,3-4,12H2;1H/t9-;/m1./s1. The monoisotopic (exact) mass is 210 g/mol. The second kappa shape index (κ2) is 4.32. The molecule has 1 aromatic carbocycles. The molecule has 0 saturated carbocycles. The van der Waals surface area contributed by atoms with Gasteiger partial charge in [-0.2, -0.15) is 5.26 Å². The molecule has 0 unspecified atom stereocenters. The van der Waals surface area contributed by atoms with E-state index in [9.17, 15) is 0 Å². The van der Waals surface area contributed by atoms with Gasteiger partial charge in [-0.15, -0.1) is 12.4 Å². The van der Waals surface area contributed by atoms with Crippen LogP contribution in [-0.4, -0.2) is 6.61 Å². The molecule has 3 nitrogen and oxygen atoms in total. The molecule has 2 N–H and O–H groups in total. The van der Waals surface area contributed by atoms with E-state index in [-0.39, 0.29) is 18.4 Å². The van der Waals surface area contributed by atoms with E-state index in [0.717, 1.165) is 17.7 Å². The summed E-state index contributed by atoms with van der Waals surface area (Å²) in [6, 6.07) is 7.46. The number of ether oxygens (including phenoxy) is 1. The summed E-state index contributed by atoms with van der Waals surface area (Å²) in [7, 11) is 0. The Morgan fingerprint density at radius 3 is 3.00 bits per heavy atom. The van der Waals surface area contributed by atoms with Crippen LogP contribution in [0.3, 0.4) is 0 Å². The molecular formula is C10H11ClN2O. The van der Waals surface area contributed by atoms with Crippen molar-refractivity contribution in [3.63, 3.8) is 0 Å². The van der Waals surface area contributed by atoms with Gasteiger partial charge in [-0.25, -0.2) is 0 Å². The first-order valence-electron chi connectivity index (χ1n) is 4.23. The molecule has 0 amide bonds. The molecule has 1 aliphatic heterocycles. The van der Waals surface area contributed by atoms with Crippen LogP contribution in [0.1, 0.15) is 23.6 Å². The van der Waals surface area contributed by atoms with E-state index >= 15 is 0 Å². The molecule has 2 rings (SSSR count). The van der Waals surface area contributed by atoms with Crippen molar-refractivity contribution in [2.24, 2.45) is 5.73 Å². The summed E-state index contributed by atoms with van der Waals surface area (Å²) in [5, 5.41) is 8.69. The maximum absolute atomic E-state index is 8.69. The zero-order valence-electron chi connectivity index (χ0n) is 7.56. The quantitative estimate of drug-likeness (QED) is 0.710. The fraction of sp³-hybridized carbons (Fsp3) is 0.300. The maximum atomic E-state index is 8.69. The van der Waals surface area contributed by atoms with E-state index in [1.165, 1.54) is 0 Å². The van der Waals surface area contributed by atoms with Gasteiger partial charge in [0.05, 0.1) is 18.2 Å². The number of halogens is 1. The molecule has 74 valence electrons. The van der Waals surface area contributed by atoms with Gasteiger partial charge in [0, 0.05) is 18.0 Å². The minimum absolute atomic E-state index is 0. The van der Waals surface area contributed by atoms with Gasteiger partial charge in [0.1, 0.15) is 5.75 Å². The van der Waals surface area contributed by atoms with Gasteiger partial charge < -0.3 is 10.5 Å². The largest absolute Gasteiger partial charge is 0.493 e. The van der Waals surface area contributed by atoms with Gasteiger partial charge in [-0.1, -0.05) is 0 Å². The van der Waals surface area contributed by atoms with Crippen molar-refractivity contribution in [3.05, 3.63) is 29.3 Å². The van der Waals surface area contributed by atoms with Gasteiger partial charge in [-0.05, 0) is 18.2 Å². The molecule has 14 heavy (non-hydrogen) atoms. The molecule has 4 heteroatoms. The van der Waals surface area contributed by atoms with E-state index < -0.39 is 0 Å². The topological polar surface area (TPSA) is 59.0 Å². The Labute approximate surface area is 88.9 Å². The molecule has 0 saturated heterocycles. The number of rotatable bonds is 0. The zero-order valence-corrected chi connectivity index (χ0v) is 8.38. The summed E-state index contributed by atoms with van der Waals surface area (Å²) >= 11 is 0. The third-order valence-corrected chi connectivity index (χ3v) is 2.22. The Hall–Kier alpha value is -1.24. The van der Waals surface area contributed by atoms with E-state index in [1.807, 2.05) is 6.07 Å². The number of nitriles is 1. The summed E-state index contributed by atoms with van der Waals surface area (Å²) in [6.07, 6.45) is 0.821. The van der Waals surface area contributed by atoms with Crippen molar-refractivity contribution in [1.29, 1.82) is 5.26 Å². The summed E-state index contributed by atoms with van der Waals surface area (Å²) in [6.45, 7) is 0.667. The van der Waals surface area contributed by atoms with Gasteiger partial charge in [0.15, 0.2) is 0 Å². The highest BCUT2D eigenvalue weighted by atomic mass is 35.5. The second-order valence-corrected chi connectivity index (χ2v) is 3.11. The van der Waals surface area contributed by atoms with Crippen LogP contribution in [0.5, 0.6) is 5.75 Å². The normalized spacial score (nSPS) is 18.4. The number of benzene rings is 1. The fourth-order valence-electron chi connectivity index (χ4n) is 1.49. The van der Waals surface area contributed by atoms with Crippen LogP contribution >= 0.6 is 12.4 Å². The van der Waals surface area contributed by atoms with Crippen molar-refractivity contribution in [2.45, 2.75) is 12.5 Å². The summed E-state index contributed by atoms with van der Waals surface area (Å²) in [5.74, 6) is 0.817. The van der Waals surface area contributed by atoms with Crippen molar-refractivity contribution in [3.8, 4) is 11.8 Å². The Balaban J connectivity index is 0.000000980. The van der Waals surface area contributed by atoms with Crippen molar-refractivity contribution < 1.29 is 4.74 Å². The average molecular weight is 211 g/mol. The molecule has 0 spiro atoms. The van der Waals surface area contributed by atoms with E-state index in [2.05, 4.69) is 6.07 Å². The van der Waals surface area contributed by atoms with Gasteiger partial charge in [-0.3, -0.25) is 0 Å². The van der Waals surface area contributed by atoms with Crippen LogP contribution in [0.2, 0.25) is 0 Å². The lowest BCUT2D eigenvalue weighted by Gasteiger charge is -2.22. The Kier molecular flexibility index (Phi) is 3.34. The average Bonchev–Trinajstić information content (AvgIpc) is 2.18. The van der Waals surface area contributed by atoms with E-state index in [0.29, 0.717) is 12.2 Å². The lowest BCUT2D eigenvalue weighted by atomic mass is 9.99. The zero-order chi connectivity index (χ0) is 9.26. The molecule has 1 aliphatic rings. The van der Waals surface area contributed by atoms with Gasteiger partial charge >= 0.3 is 0 Å². The first kappa shape index (κ1) is 10.8. The molecule has 1 atom stereocenters. The first-order chi connectivity index (χ1) is 6.31. The molecule has 0 aliphatic carbocycles. The molecule has 0 aromatic heterocycles. The van der Waals surface area contributed by atoms with Crippen LogP contribution in [0.15, 0.2) is 18.2 Å². The van der Waals surface area contributed by atoms with Crippen LogP contribution < -0.4 is 10.5 Å². The highest BCUT2D eigenvalue weighted by Crippen LogP contribution is 2.30. The predicted octanol–water partition coefficient (Wildman–Crippen LogP) is 1.76. The summed E-state index contributed by atoms with van der Waals surface area (Å²) in [4.78, 5) is 0. The number of nitrogens with zero attached hydrogens (tertiary/aromatic N) is 1. The van der Waals surface area contributed by atoms with E-state index in [4.69, 9.17) is 15.7 Å². The second-order valence-electron chi connectivity index (χ2n) is 3.11. The summed E-state index contributed by atoms with van der Waals surface area (Å²) in [5.41, 5.74) is 7.47. The summed E-state index contributed by atoms with van der Waals surface area (Å²) < 4.78 is 5.40. The number of hydrogen-bond donors (Lipinski definition) is 1. The third kappa shape index (κ3) is 1.82. The SMILES string of the molecule is Cl.N#Cc1ccc2c(c1)[C@H](N)CCO2. The highest BCUT2D eigenvalue weighted by molar-refractivity contribution is 5.85. The lowest BCUT2D eigenvalue weighted by molar-refractivity contribution is 0.269. The van der Waals surface area contributed by atoms with Gasteiger partial charge in [0.25, 0.3) is 0 Å². The molecule has 1 aromatic rings. The Morgan fingerprint density at radius 1 is 1.50 bits per heavy atom. The Bertz CT molecular complexity index is 373. The molecular weight excluding hydrogens is 200 g/mol. The third-order valence-electron chi connectivity index (χ3n) is 2.22. The predicted molar refractivity (Wildman–Crippen MR) is 55.4 cm³/mol. The van der Waals surface area contributed by atoms with Crippen LogP contribution in [0.4, 0.5) is 0 Å². The molecule has 0 bridgehead atoms. The van der Waals surface area contributed by atoms with Crippen LogP contribution in [-0.2, 0) is 0 Å². The van der Waals surface area contributed by atoms with Crippen molar-refractivity contribution >= 4 is 12.4 Å². The maximum Gasteiger partial charge on any atom is 0.124 e. The first-order valence-corrected chi connectivity index (χ1v) is 4.23. The van der Waals surface area contributed by atoms with Crippen molar-refractivity contribution in [1.82, 2.24) is 0 Å². The minimum atomic E-state index is 0. The number of nitrogens with two attached hydrogens (primary N) is 1. The van der Waals surface area contributed by atoms with Crippen LogP contribution in [0, 0.1) is 11.3 Å². The van der Waals surface area contributed by atoms with Crippen LogP contribution in [0.25, 0.3) is 0 Å². The molecule has 0 fully saturated rings. The lowest BCUT2D eigenvalue weighted by Crippen LogP contribution is -2.20. The molecule has 1 heterocycles. The minimum Gasteiger partial charge on any atom is -0.493 e. The van der Waals surface area contributed by atoms with Crippen molar-refractivity contribution in [2.75, 3.05) is 6.61 Å².